The zero-order chi connectivity index (χ0) is 29.4. The Morgan fingerprint density at radius 1 is 0.950 bits per heavy atom. The summed E-state index contributed by atoms with van der Waals surface area (Å²) in [5.74, 6) is -1.54. The van der Waals surface area contributed by atoms with Gasteiger partial charge in [0.15, 0.2) is 0 Å². The number of rotatable bonds is 12. The minimum absolute atomic E-state index is 0.00783. The smallest absolute Gasteiger partial charge is 0.264 e. The van der Waals surface area contributed by atoms with Crippen molar-refractivity contribution in [2.24, 2.45) is 0 Å². The fourth-order valence-corrected chi connectivity index (χ4v) is 5.83. The zero-order valence-corrected chi connectivity index (χ0v) is 24.9. The first-order chi connectivity index (χ1) is 19.0. The van der Waals surface area contributed by atoms with E-state index < -0.39 is 34.3 Å². The predicted octanol–water partition coefficient (Wildman–Crippen LogP) is 5.97. The van der Waals surface area contributed by atoms with Crippen molar-refractivity contribution in [2.45, 2.75) is 51.1 Å². The highest BCUT2D eigenvalue weighted by Crippen LogP contribution is 2.27. The van der Waals surface area contributed by atoms with Gasteiger partial charge in [0.2, 0.25) is 11.8 Å². The maximum Gasteiger partial charge on any atom is 0.264 e. The molecule has 0 aromatic heterocycles. The third kappa shape index (κ3) is 7.74. The number of sulfonamides is 1. The van der Waals surface area contributed by atoms with Gasteiger partial charge in [0.1, 0.15) is 18.4 Å². The van der Waals surface area contributed by atoms with Crippen LogP contribution in [0.2, 0.25) is 10.0 Å². The molecule has 7 nitrogen and oxygen atoms in total. The number of benzene rings is 3. The molecular formula is C29H32Cl2FN3O4S. The van der Waals surface area contributed by atoms with Gasteiger partial charge in [-0.05, 0) is 73.9 Å². The van der Waals surface area contributed by atoms with Crippen LogP contribution < -0.4 is 9.62 Å². The molecule has 0 saturated carbocycles. The average Bonchev–Trinajstić information content (AvgIpc) is 2.93. The molecule has 0 spiro atoms. The number of nitrogens with one attached hydrogen (secondary N) is 1. The van der Waals surface area contributed by atoms with Gasteiger partial charge in [-0.25, -0.2) is 12.8 Å². The maximum absolute atomic E-state index is 14.0. The molecule has 0 radical (unpaired) electrons. The number of nitrogens with zero attached hydrogens (tertiary/aromatic N) is 2. The Morgan fingerprint density at radius 2 is 1.60 bits per heavy atom. The van der Waals surface area contributed by atoms with E-state index >= 15 is 0 Å². The minimum atomic E-state index is -4.28. The summed E-state index contributed by atoms with van der Waals surface area (Å²) >= 11 is 12.3. The van der Waals surface area contributed by atoms with Crippen molar-refractivity contribution in [3.63, 3.8) is 0 Å². The number of carbonyl (C=O) groups excluding carboxylic acids is 2. The van der Waals surface area contributed by atoms with Gasteiger partial charge in [-0.15, -0.1) is 0 Å². The van der Waals surface area contributed by atoms with E-state index in [1.54, 1.807) is 49.4 Å². The van der Waals surface area contributed by atoms with Crippen LogP contribution >= 0.6 is 23.2 Å². The number of carbonyl (C=O) groups is 2. The van der Waals surface area contributed by atoms with Crippen molar-refractivity contribution < 1.29 is 22.4 Å². The van der Waals surface area contributed by atoms with Crippen LogP contribution in [0.3, 0.4) is 0 Å². The fourth-order valence-electron chi connectivity index (χ4n) is 4.09. The van der Waals surface area contributed by atoms with E-state index in [4.69, 9.17) is 23.2 Å². The van der Waals surface area contributed by atoms with Crippen LogP contribution in [0.1, 0.15) is 37.8 Å². The van der Waals surface area contributed by atoms with E-state index in [1.165, 1.54) is 4.90 Å². The molecule has 0 aliphatic carbocycles. The Balaban J connectivity index is 2.06. The Morgan fingerprint density at radius 3 is 2.17 bits per heavy atom. The number of hydrogen-bond acceptors (Lipinski definition) is 4. The lowest BCUT2D eigenvalue weighted by Crippen LogP contribution is -2.52. The second kappa shape index (κ2) is 14.0. The summed E-state index contributed by atoms with van der Waals surface area (Å²) in [5, 5.41) is 3.46. The number of amides is 2. The summed E-state index contributed by atoms with van der Waals surface area (Å²) in [6, 6.07) is 15.1. The van der Waals surface area contributed by atoms with Crippen LogP contribution in [0.15, 0.2) is 71.6 Å². The first-order valence-corrected chi connectivity index (χ1v) is 15.0. The summed E-state index contributed by atoms with van der Waals surface area (Å²) in [6.07, 6.45) is 0.998. The number of halogens is 3. The van der Waals surface area contributed by atoms with E-state index in [9.17, 15) is 22.4 Å². The molecular weight excluding hydrogens is 576 g/mol. The first-order valence-electron chi connectivity index (χ1n) is 12.8. The van der Waals surface area contributed by atoms with Crippen molar-refractivity contribution >= 4 is 50.7 Å². The van der Waals surface area contributed by atoms with Gasteiger partial charge in [0, 0.05) is 13.1 Å². The molecule has 2 amide bonds. The van der Waals surface area contributed by atoms with Crippen LogP contribution in [0.5, 0.6) is 0 Å². The molecule has 3 rings (SSSR count). The summed E-state index contributed by atoms with van der Waals surface area (Å²) in [7, 11) is -4.28. The van der Waals surface area contributed by atoms with E-state index in [-0.39, 0.29) is 34.5 Å². The third-order valence-corrected chi connectivity index (χ3v) is 8.80. The van der Waals surface area contributed by atoms with Gasteiger partial charge in [0.05, 0.1) is 20.6 Å². The van der Waals surface area contributed by atoms with Gasteiger partial charge in [-0.1, -0.05) is 60.8 Å². The standard InChI is InChI=1S/C29H32Cl2FN3O4S/c1-4-16-33-29(37)27(5-2)34(18-21-8-15-25(30)26(31)17-21)28(36)19-35(23-11-6-20(3)7-12-23)40(38,39)24-13-9-22(32)10-14-24/h6-15,17,27H,4-5,16,18-19H2,1-3H3,(H,33,37). The molecule has 3 aromatic rings. The Kier molecular flexibility index (Phi) is 11.0. The topological polar surface area (TPSA) is 86.8 Å². The van der Waals surface area contributed by atoms with Crippen molar-refractivity contribution in [2.75, 3.05) is 17.4 Å². The average molecular weight is 609 g/mol. The molecule has 1 atom stereocenters. The molecule has 0 saturated heterocycles. The maximum atomic E-state index is 14.0. The molecule has 0 fully saturated rings. The predicted molar refractivity (Wildman–Crippen MR) is 157 cm³/mol. The molecule has 1 N–H and O–H groups in total. The number of hydrogen-bond donors (Lipinski definition) is 1. The van der Waals surface area contributed by atoms with Crippen LogP contribution in [0.4, 0.5) is 10.1 Å². The van der Waals surface area contributed by atoms with E-state index in [2.05, 4.69) is 5.32 Å². The lowest BCUT2D eigenvalue weighted by molar-refractivity contribution is -0.140. The first kappa shape index (κ1) is 31.4. The largest absolute Gasteiger partial charge is 0.354 e. The molecule has 0 aliphatic heterocycles. The van der Waals surface area contributed by atoms with E-state index in [0.717, 1.165) is 34.1 Å². The second-order valence-electron chi connectivity index (χ2n) is 9.29. The lowest BCUT2D eigenvalue weighted by Gasteiger charge is -2.33. The van der Waals surface area contributed by atoms with Crippen molar-refractivity contribution in [3.8, 4) is 0 Å². The molecule has 0 aliphatic rings. The highest BCUT2D eigenvalue weighted by molar-refractivity contribution is 7.92. The van der Waals surface area contributed by atoms with Gasteiger partial charge < -0.3 is 10.2 Å². The van der Waals surface area contributed by atoms with Gasteiger partial charge >= 0.3 is 0 Å². The normalized spacial score (nSPS) is 12.1. The SMILES string of the molecule is CCCNC(=O)C(CC)N(Cc1ccc(Cl)c(Cl)c1)C(=O)CN(c1ccc(C)cc1)S(=O)(=O)c1ccc(F)cc1. The van der Waals surface area contributed by atoms with Crippen LogP contribution in [0, 0.1) is 12.7 Å². The second-order valence-corrected chi connectivity index (χ2v) is 12.0. The summed E-state index contributed by atoms with van der Waals surface area (Å²) in [5.41, 5.74) is 1.77. The summed E-state index contributed by atoms with van der Waals surface area (Å²) in [6.45, 7) is 5.37. The van der Waals surface area contributed by atoms with Crippen molar-refractivity contribution in [1.29, 1.82) is 0 Å². The number of anilines is 1. The molecule has 0 bridgehead atoms. The Hall–Kier alpha value is -3.14. The van der Waals surface area contributed by atoms with Crippen LogP contribution in [-0.4, -0.2) is 44.3 Å². The third-order valence-electron chi connectivity index (χ3n) is 6.27. The molecule has 1 unspecified atom stereocenters. The quantitative estimate of drug-likeness (QED) is 0.275. The summed E-state index contributed by atoms with van der Waals surface area (Å²) in [4.78, 5) is 28.3. The Labute approximate surface area is 244 Å². The minimum Gasteiger partial charge on any atom is -0.354 e. The molecule has 40 heavy (non-hydrogen) atoms. The molecule has 214 valence electrons. The summed E-state index contributed by atoms with van der Waals surface area (Å²) < 4.78 is 42.1. The van der Waals surface area contributed by atoms with Crippen LogP contribution in [-0.2, 0) is 26.2 Å². The highest BCUT2D eigenvalue weighted by Gasteiger charge is 2.33. The number of aryl methyl sites for hydroxylation is 1. The molecule has 3 aromatic carbocycles. The van der Waals surface area contributed by atoms with Crippen LogP contribution in [0.25, 0.3) is 0 Å². The monoisotopic (exact) mass is 607 g/mol. The van der Waals surface area contributed by atoms with Crippen molar-refractivity contribution in [1.82, 2.24) is 10.2 Å². The van der Waals surface area contributed by atoms with Gasteiger partial charge in [-0.3, -0.25) is 13.9 Å². The zero-order valence-electron chi connectivity index (χ0n) is 22.5. The van der Waals surface area contributed by atoms with Gasteiger partial charge in [0.25, 0.3) is 10.0 Å². The fraction of sp³-hybridized carbons (Fsp3) is 0.310. The van der Waals surface area contributed by atoms with Gasteiger partial charge in [-0.2, -0.15) is 0 Å². The molecule has 0 heterocycles. The Bertz CT molecular complexity index is 1430. The van der Waals surface area contributed by atoms with E-state index in [1.807, 2.05) is 13.8 Å². The highest BCUT2D eigenvalue weighted by atomic mass is 35.5. The van der Waals surface area contributed by atoms with Crippen molar-refractivity contribution in [3.05, 3.63) is 93.7 Å². The molecule has 11 heteroatoms. The van der Waals surface area contributed by atoms with E-state index in [0.29, 0.717) is 23.6 Å². The lowest BCUT2D eigenvalue weighted by atomic mass is 10.1.